The molecule has 4 rings (SSSR count). The molecule has 33 heavy (non-hydrogen) atoms. The summed E-state index contributed by atoms with van der Waals surface area (Å²) >= 11 is 5.19. The summed E-state index contributed by atoms with van der Waals surface area (Å²) in [6.45, 7) is 0.892. The van der Waals surface area contributed by atoms with Crippen molar-refractivity contribution in [2.24, 2.45) is 0 Å². The van der Waals surface area contributed by atoms with E-state index in [4.69, 9.17) is 4.74 Å². The molecule has 0 spiro atoms. The van der Waals surface area contributed by atoms with Crippen molar-refractivity contribution < 1.29 is 33.2 Å². The SMILES string of the molecule is Cc1nc([C@@H]2O[C@H](CO)[C@H](O)[C@H](n3cc(I)cn3)[C@H]2O)n(-c2cc(Br)ccc2C(F)(F)F)n1. The molecule has 1 fully saturated rings. The van der Waals surface area contributed by atoms with Crippen LogP contribution in [0.4, 0.5) is 13.2 Å². The van der Waals surface area contributed by atoms with E-state index in [2.05, 4.69) is 31.1 Å². The Labute approximate surface area is 207 Å². The lowest BCUT2D eigenvalue weighted by atomic mass is 9.92. The van der Waals surface area contributed by atoms with Crippen molar-refractivity contribution in [1.82, 2.24) is 24.5 Å². The molecule has 3 heterocycles. The molecule has 1 aliphatic heterocycles. The maximum atomic E-state index is 13.7. The van der Waals surface area contributed by atoms with Crippen molar-refractivity contribution in [2.75, 3.05) is 6.61 Å². The molecule has 14 heteroatoms. The summed E-state index contributed by atoms with van der Waals surface area (Å²) in [6.07, 6.45) is -6.87. The minimum atomic E-state index is -4.68. The summed E-state index contributed by atoms with van der Waals surface area (Å²) in [5, 5.41) is 39.9. The number of rotatable bonds is 4. The quantitative estimate of drug-likeness (QED) is 0.374. The predicted molar refractivity (Wildman–Crippen MR) is 119 cm³/mol. The van der Waals surface area contributed by atoms with E-state index in [-0.39, 0.29) is 17.3 Å². The standard InChI is InChI=1S/C19H18BrF3IN5O4/c1-8-26-18(29(27-8)12-4-9(20)2-3-11(12)19(21,22)23)17-16(32)14(15(31)13(7-30)33-17)28-6-10(24)5-25-28/h2-6,13-17,30-32H,7H2,1H3/t13-,14+,15+,16-,17-/m1/s1. The van der Waals surface area contributed by atoms with Crippen LogP contribution in [0.1, 0.15) is 29.4 Å². The van der Waals surface area contributed by atoms with Crippen LogP contribution in [-0.2, 0) is 10.9 Å². The third-order valence-electron chi connectivity index (χ3n) is 5.25. The smallest absolute Gasteiger partial charge is 0.394 e. The molecule has 2 aromatic heterocycles. The van der Waals surface area contributed by atoms with Gasteiger partial charge in [-0.3, -0.25) is 4.68 Å². The molecule has 0 bridgehead atoms. The zero-order valence-electron chi connectivity index (χ0n) is 16.9. The Morgan fingerprint density at radius 2 is 1.97 bits per heavy atom. The molecular weight excluding hydrogens is 626 g/mol. The first kappa shape index (κ1) is 24.5. The van der Waals surface area contributed by atoms with Gasteiger partial charge in [-0.2, -0.15) is 23.4 Å². The number of hydrogen-bond acceptors (Lipinski definition) is 7. The first-order chi connectivity index (χ1) is 15.5. The fourth-order valence-corrected chi connectivity index (χ4v) is 4.58. The van der Waals surface area contributed by atoms with Crippen molar-refractivity contribution in [3.63, 3.8) is 0 Å². The zero-order chi connectivity index (χ0) is 24.1. The van der Waals surface area contributed by atoms with Gasteiger partial charge in [0.1, 0.15) is 36.3 Å². The second-order valence-corrected chi connectivity index (χ2v) is 9.64. The number of nitrogens with zero attached hydrogens (tertiary/aromatic N) is 5. The van der Waals surface area contributed by atoms with Gasteiger partial charge in [-0.05, 0) is 47.7 Å². The van der Waals surface area contributed by atoms with E-state index in [0.29, 0.717) is 4.47 Å². The minimum absolute atomic E-state index is 0.110. The van der Waals surface area contributed by atoms with Gasteiger partial charge in [-0.25, -0.2) is 9.67 Å². The number of aliphatic hydroxyl groups is 3. The Hall–Kier alpha value is -1.59. The number of benzene rings is 1. The van der Waals surface area contributed by atoms with Gasteiger partial charge in [0, 0.05) is 10.7 Å². The van der Waals surface area contributed by atoms with Gasteiger partial charge >= 0.3 is 6.18 Å². The number of alkyl halides is 3. The molecule has 1 saturated heterocycles. The van der Waals surface area contributed by atoms with Crippen molar-refractivity contribution in [2.45, 2.75) is 43.6 Å². The van der Waals surface area contributed by atoms with Gasteiger partial charge in [0.25, 0.3) is 0 Å². The first-order valence-corrected chi connectivity index (χ1v) is 11.5. The molecular formula is C19H18BrF3IN5O4. The van der Waals surface area contributed by atoms with Gasteiger partial charge in [-0.1, -0.05) is 15.9 Å². The van der Waals surface area contributed by atoms with Crippen LogP contribution in [0.3, 0.4) is 0 Å². The van der Waals surface area contributed by atoms with Crippen LogP contribution >= 0.6 is 38.5 Å². The fourth-order valence-electron chi connectivity index (χ4n) is 3.82. The zero-order valence-corrected chi connectivity index (χ0v) is 20.6. The Balaban J connectivity index is 1.85. The highest BCUT2D eigenvalue weighted by molar-refractivity contribution is 14.1. The Morgan fingerprint density at radius 1 is 1.24 bits per heavy atom. The van der Waals surface area contributed by atoms with E-state index in [1.54, 1.807) is 6.20 Å². The van der Waals surface area contributed by atoms with Crippen LogP contribution in [0, 0.1) is 10.5 Å². The number of aromatic nitrogens is 5. The molecule has 3 aromatic rings. The molecule has 0 amide bonds. The molecule has 3 N–H and O–H groups in total. The third kappa shape index (κ3) is 4.68. The number of aliphatic hydroxyl groups excluding tert-OH is 3. The molecule has 1 aliphatic rings. The molecule has 0 saturated carbocycles. The monoisotopic (exact) mass is 643 g/mol. The normalized spacial score (nSPS) is 26.0. The van der Waals surface area contributed by atoms with Crippen LogP contribution in [0.25, 0.3) is 5.69 Å². The van der Waals surface area contributed by atoms with E-state index < -0.39 is 48.8 Å². The molecule has 178 valence electrons. The van der Waals surface area contributed by atoms with E-state index in [9.17, 15) is 28.5 Å². The summed E-state index contributed by atoms with van der Waals surface area (Å²) in [6, 6.07) is 2.35. The number of ether oxygens (including phenoxy) is 1. The van der Waals surface area contributed by atoms with Crippen LogP contribution in [0.2, 0.25) is 0 Å². The number of aryl methyl sites for hydroxylation is 1. The fraction of sp³-hybridized carbons (Fsp3) is 0.421. The second kappa shape index (κ2) is 9.22. The molecule has 1 aromatic carbocycles. The predicted octanol–water partition coefficient (Wildman–Crippen LogP) is 2.55. The molecule has 0 unspecified atom stereocenters. The highest BCUT2D eigenvalue weighted by Gasteiger charge is 2.48. The highest BCUT2D eigenvalue weighted by Crippen LogP contribution is 2.40. The van der Waals surface area contributed by atoms with Gasteiger partial charge in [0.15, 0.2) is 5.82 Å². The summed E-state index contributed by atoms with van der Waals surface area (Å²) in [4.78, 5) is 4.23. The lowest BCUT2D eigenvalue weighted by Crippen LogP contribution is -2.53. The maximum Gasteiger partial charge on any atom is 0.418 e. The Kier molecular flexibility index (Phi) is 6.85. The van der Waals surface area contributed by atoms with Crippen LogP contribution in [0.5, 0.6) is 0 Å². The molecule has 5 atom stereocenters. The molecule has 0 radical (unpaired) electrons. The third-order valence-corrected chi connectivity index (χ3v) is 6.30. The molecule has 0 aliphatic carbocycles. The summed E-state index contributed by atoms with van der Waals surface area (Å²) in [7, 11) is 0. The van der Waals surface area contributed by atoms with Crippen molar-refractivity contribution >= 4 is 38.5 Å². The number of hydrogen-bond donors (Lipinski definition) is 3. The Morgan fingerprint density at radius 3 is 2.58 bits per heavy atom. The highest BCUT2D eigenvalue weighted by atomic mass is 127. The number of halogens is 5. The average Bonchev–Trinajstić information content (AvgIpc) is 3.33. The van der Waals surface area contributed by atoms with E-state index in [1.165, 1.54) is 29.9 Å². The lowest BCUT2D eigenvalue weighted by Gasteiger charge is -2.41. The lowest BCUT2D eigenvalue weighted by molar-refractivity contribution is -0.210. The van der Waals surface area contributed by atoms with E-state index in [0.717, 1.165) is 14.3 Å². The Bertz CT molecular complexity index is 1160. The van der Waals surface area contributed by atoms with Crippen molar-refractivity contribution in [1.29, 1.82) is 0 Å². The van der Waals surface area contributed by atoms with Gasteiger partial charge in [0.2, 0.25) is 0 Å². The van der Waals surface area contributed by atoms with Gasteiger partial charge in [-0.15, -0.1) is 0 Å². The van der Waals surface area contributed by atoms with Crippen LogP contribution in [-0.4, -0.2) is 64.8 Å². The van der Waals surface area contributed by atoms with Crippen molar-refractivity contribution in [3.8, 4) is 5.69 Å². The largest absolute Gasteiger partial charge is 0.418 e. The minimum Gasteiger partial charge on any atom is -0.394 e. The van der Waals surface area contributed by atoms with Crippen LogP contribution < -0.4 is 0 Å². The maximum absolute atomic E-state index is 13.7. The second-order valence-electron chi connectivity index (χ2n) is 7.48. The average molecular weight is 644 g/mol. The topological polar surface area (TPSA) is 118 Å². The summed E-state index contributed by atoms with van der Waals surface area (Å²) < 4.78 is 50.4. The first-order valence-electron chi connectivity index (χ1n) is 9.64. The molecule has 9 nitrogen and oxygen atoms in total. The van der Waals surface area contributed by atoms with E-state index in [1.807, 2.05) is 22.6 Å². The van der Waals surface area contributed by atoms with Gasteiger partial charge in [0.05, 0.1) is 27.6 Å². The van der Waals surface area contributed by atoms with Crippen molar-refractivity contribution in [3.05, 3.63) is 55.8 Å². The summed E-state index contributed by atoms with van der Waals surface area (Å²) in [5.41, 5.74) is -1.28. The summed E-state index contributed by atoms with van der Waals surface area (Å²) in [5.74, 6) is 0.0339. The van der Waals surface area contributed by atoms with E-state index >= 15 is 0 Å². The van der Waals surface area contributed by atoms with Crippen LogP contribution in [0.15, 0.2) is 35.1 Å². The van der Waals surface area contributed by atoms with Gasteiger partial charge < -0.3 is 20.1 Å².